The smallest absolute Gasteiger partial charge is 0.417 e. The molecule has 0 aromatic carbocycles. The van der Waals surface area contributed by atoms with Crippen LogP contribution < -0.4 is 15.4 Å². The lowest BCUT2D eigenvalue weighted by Gasteiger charge is -2.13. The number of hydrogen-bond acceptors (Lipinski definition) is 4. The molecule has 0 bridgehead atoms. The lowest BCUT2D eigenvalue weighted by Crippen LogP contribution is -2.38. The van der Waals surface area contributed by atoms with Crippen molar-refractivity contribution in [1.29, 1.82) is 0 Å². The standard InChI is InChI=1S/C15H16ClF3N4OS/c1-20-14(23-9-11-3-2-6-25-11)21-4-5-24-13-12(16)7-10(8-22-13)15(17,18)19/h2-3,6-8H,4-5,9H2,1H3,(H2,20,21,23). The first-order valence-electron chi connectivity index (χ1n) is 7.22. The molecule has 0 saturated carbocycles. The number of rotatable bonds is 6. The molecular weight excluding hydrogens is 377 g/mol. The summed E-state index contributed by atoms with van der Waals surface area (Å²) < 4.78 is 42.9. The Morgan fingerprint density at radius 1 is 1.40 bits per heavy atom. The maximum atomic E-state index is 12.5. The third-order valence-electron chi connectivity index (χ3n) is 3.00. The van der Waals surface area contributed by atoms with Gasteiger partial charge in [0, 0.05) is 18.1 Å². The van der Waals surface area contributed by atoms with Crippen molar-refractivity contribution >= 4 is 28.9 Å². The maximum absolute atomic E-state index is 12.5. The van der Waals surface area contributed by atoms with Gasteiger partial charge in [0.05, 0.1) is 18.7 Å². The fourth-order valence-corrected chi connectivity index (χ4v) is 2.67. The second kappa shape index (κ2) is 8.91. The van der Waals surface area contributed by atoms with Crippen LogP contribution in [0.3, 0.4) is 0 Å². The van der Waals surface area contributed by atoms with Crippen molar-refractivity contribution in [3.05, 3.63) is 45.2 Å². The summed E-state index contributed by atoms with van der Waals surface area (Å²) in [7, 11) is 1.64. The van der Waals surface area contributed by atoms with E-state index >= 15 is 0 Å². The highest BCUT2D eigenvalue weighted by atomic mass is 35.5. The van der Waals surface area contributed by atoms with Gasteiger partial charge < -0.3 is 15.4 Å². The van der Waals surface area contributed by atoms with Gasteiger partial charge in [0.15, 0.2) is 5.96 Å². The summed E-state index contributed by atoms with van der Waals surface area (Å²) in [6.45, 7) is 1.19. The largest absolute Gasteiger partial charge is 0.475 e. The molecule has 0 aliphatic carbocycles. The Morgan fingerprint density at radius 3 is 2.80 bits per heavy atom. The highest BCUT2D eigenvalue weighted by Crippen LogP contribution is 2.32. The van der Waals surface area contributed by atoms with E-state index < -0.39 is 11.7 Å². The van der Waals surface area contributed by atoms with Crippen LogP contribution in [0.1, 0.15) is 10.4 Å². The van der Waals surface area contributed by atoms with Crippen molar-refractivity contribution in [2.75, 3.05) is 20.2 Å². The molecule has 2 rings (SSSR count). The number of hydrogen-bond donors (Lipinski definition) is 2. The summed E-state index contributed by atoms with van der Waals surface area (Å²) in [5, 5.41) is 7.96. The molecule has 0 spiro atoms. The molecule has 0 radical (unpaired) electrons. The quantitative estimate of drug-likeness (QED) is 0.448. The fraction of sp³-hybridized carbons (Fsp3) is 0.333. The Labute approximate surface area is 151 Å². The molecule has 5 nitrogen and oxygen atoms in total. The molecule has 2 heterocycles. The van der Waals surface area contributed by atoms with Gasteiger partial charge in [-0.1, -0.05) is 17.7 Å². The molecule has 0 atom stereocenters. The molecule has 10 heteroatoms. The number of pyridine rings is 1. The third kappa shape index (κ3) is 6.09. The van der Waals surface area contributed by atoms with Crippen molar-refractivity contribution < 1.29 is 17.9 Å². The predicted octanol–water partition coefficient (Wildman–Crippen LogP) is 3.56. The van der Waals surface area contributed by atoms with Crippen LogP contribution >= 0.6 is 22.9 Å². The van der Waals surface area contributed by atoms with Gasteiger partial charge in [0.2, 0.25) is 5.88 Å². The Balaban J connectivity index is 1.76. The summed E-state index contributed by atoms with van der Waals surface area (Å²) in [6, 6.07) is 4.76. The maximum Gasteiger partial charge on any atom is 0.417 e. The molecular formula is C15H16ClF3N4OS. The minimum Gasteiger partial charge on any atom is -0.475 e. The van der Waals surface area contributed by atoms with E-state index in [2.05, 4.69) is 20.6 Å². The minimum absolute atomic E-state index is 0.0435. The number of nitrogens with one attached hydrogen (secondary N) is 2. The van der Waals surface area contributed by atoms with E-state index in [-0.39, 0.29) is 17.5 Å². The van der Waals surface area contributed by atoms with Gasteiger partial charge in [-0.05, 0) is 17.5 Å². The zero-order valence-corrected chi connectivity index (χ0v) is 14.8. The van der Waals surface area contributed by atoms with Crippen LogP contribution in [0.4, 0.5) is 13.2 Å². The number of nitrogens with zero attached hydrogens (tertiary/aromatic N) is 2. The highest BCUT2D eigenvalue weighted by Gasteiger charge is 2.31. The normalized spacial score (nSPS) is 12.1. The van der Waals surface area contributed by atoms with E-state index in [4.69, 9.17) is 16.3 Å². The van der Waals surface area contributed by atoms with Gasteiger partial charge in [-0.15, -0.1) is 11.3 Å². The summed E-state index contributed by atoms with van der Waals surface area (Å²) >= 11 is 7.40. The van der Waals surface area contributed by atoms with Crippen molar-refractivity contribution in [2.45, 2.75) is 12.7 Å². The lowest BCUT2D eigenvalue weighted by molar-refractivity contribution is -0.137. The van der Waals surface area contributed by atoms with Crippen molar-refractivity contribution in [3.63, 3.8) is 0 Å². The molecule has 136 valence electrons. The van der Waals surface area contributed by atoms with E-state index in [9.17, 15) is 13.2 Å². The average molecular weight is 393 g/mol. The van der Waals surface area contributed by atoms with E-state index in [1.165, 1.54) is 4.88 Å². The summed E-state index contributed by atoms with van der Waals surface area (Å²) in [5.41, 5.74) is -0.916. The number of ether oxygens (including phenoxy) is 1. The van der Waals surface area contributed by atoms with E-state index in [0.29, 0.717) is 25.2 Å². The van der Waals surface area contributed by atoms with E-state index in [1.807, 2.05) is 17.5 Å². The van der Waals surface area contributed by atoms with Crippen LogP contribution in [0, 0.1) is 0 Å². The fourth-order valence-electron chi connectivity index (χ4n) is 1.81. The molecule has 2 aromatic rings. The Bertz CT molecular complexity index is 707. The van der Waals surface area contributed by atoms with Crippen LogP contribution in [-0.2, 0) is 12.7 Å². The topological polar surface area (TPSA) is 58.5 Å². The minimum atomic E-state index is -4.49. The lowest BCUT2D eigenvalue weighted by atomic mass is 10.3. The van der Waals surface area contributed by atoms with Gasteiger partial charge in [-0.2, -0.15) is 13.2 Å². The first-order valence-corrected chi connectivity index (χ1v) is 8.48. The van der Waals surface area contributed by atoms with E-state index in [1.54, 1.807) is 18.4 Å². The molecule has 2 aromatic heterocycles. The zero-order chi connectivity index (χ0) is 18.3. The van der Waals surface area contributed by atoms with Crippen LogP contribution in [0.15, 0.2) is 34.8 Å². The molecule has 0 aliphatic rings. The van der Waals surface area contributed by atoms with Crippen LogP contribution in [0.5, 0.6) is 5.88 Å². The monoisotopic (exact) mass is 392 g/mol. The van der Waals surface area contributed by atoms with Crippen molar-refractivity contribution in [3.8, 4) is 5.88 Å². The highest BCUT2D eigenvalue weighted by molar-refractivity contribution is 7.09. The second-order valence-electron chi connectivity index (χ2n) is 4.79. The Hall–Kier alpha value is -2.00. The number of alkyl halides is 3. The number of guanidine groups is 1. The van der Waals surface area contributed by atoms with Crippen LogP contribution in [-0.4, -0.2) is 31.1 Å². The van der Waals surface area contributed by atoms with Crippen molar-refractivity contribution in [2.24, 2.45) is 4.99 Å². The summed E-state index contributed by atoms with van der Waals surface area (Å²) in [5.74, 6) is 0.543. The van der Waals surface area contributed by atoms with Gasteiger partial charge >= 0.3 is 6.18 Å². The van der Waals surface area contributed by atoms with Gasteiger partial charge in [0.25, 0.3) is 0 Å². The molecule has 0 saturated heterocycles. The van der Waals surface area contributed by atoms with Crippen LogP contribution in [0.25, 0.3) is 0 Å². The van der Waals surface area contributed by atoms with E-state index in [0.717, 1.165) is 6.07 Å². The number of thiophene rings is 1. The number of aliphatic imine (C=N–C) groups is 1. The SMILES string of the molecule is CN=C(NCCOc1ncc(C(F)(F)F)cc1Cl)NCc1cccs1. The number of aromatic nitrogens is 1. The molecule has 2 N–H and O–H groups in total. The molecule has 0 fully saturated rings. The first-order chi connectivity index (χ1) is 11.9. The van der Waals surface area contributed by atoms with Crippen molar-refractivity contribution in [1.82, 2.24) is 15.6 Å². The zero-order valence-electron chi connectivity index (χ0n) is 13.2. The van der Waals surface area contributed by atoms with Gasteiger partial charge in [0.1, 0.15) is 11.6 Å². The molecule has 0 unspecified atom stereocenters. The second-order valence-corrected chi connectivity index (χ2v) is 6.23. The van der Waals surface area contributed by atoms with Gasteiger partial charge in [-0.3, -0.25) is 4.99 Å². The average Bonchev–Trinajstić information content (AvgIpc) is 3.08. The van der Waals surface area contributed by atoms with Gasteiger partial charge in [-0.25, -0.2) is 4.98 Å². The number of halogens is 4. The third-order valence-corrected chi connectivity index (χ3v) is 4.15. The Morgan fingerprint density at radius 2 is 2.20 bits per heavy atom. The predicted molar refractivity (Wildman–Crippen MR) is 92.3 cm³/mol. The molecule has 25 heavy (non-hydrogen) atoms. The Kier molecular flexibility index (Phi) is 6.89. The van der Waals surface area contributed by atoms with Crippen LogP contribution in [0.2, 0.25) is 5.02 Å². The molecule has 0 amide bonds. The first kappa shape index (κ1) is 19.3. The summed E-state index contributed by atoms with van der Waals surface area (Å²) in [4.78, 5) is 8.84. The molecule has 0 aliphatic heterocycles. The summed E-state index contributed by atoms with van der Waals surface area (Å²) in [6.07, 6.45) is -3.80.